The number of piperidine rings is 2. The number of piperazine rings is 3. The van der Waals surface area contributed by atoms with Gasteiger partial charge in [-0.3, -0.25) is 43.1 Å². The Hall–Kier alpha value is -6.95. The van der Waals surface area contributed by atoms with Gasteiger partial charge in [0.2, 0.25) is 0 Å². The van der Waals surface area contributed by atoms with Gasteiger partial charge >= 0.3 is 0 Å². The molecule has 27 heteroatoms. The monoisotopic (exact) mass is 1290 g/mol. The summed E-state index contributed by atoms with van der Waals surface area (Å²) in [6.07, 6.45) is 22.7. The van der Waals surface area contributed by atoms with Gasteiger partial charge in [-0.25, -0.2) is 4.31 Å². The first-order valence-electron chi connectivity index (χ1n) is 31.9. The molecule has 3 unspecified atom stereocenters. The maximum Gasteiger partial charge on any atom is 0.0859 e. The van der Waals surface area contributed by atoms with Crippen LogP contribution in [0, 0.1) is 0 Å². The first-order valence-corrected chi connectivity index (χ1v) is 35.8. The Balaban J connectivity index is 0.000000125. The highest BCUT2D eigenvalue weighted by Gasteiger charge is 2.35. The number of nitrogens with two attached hydrogens (primary N) is 5. The molecule has 0 radical (unpaired) electrons. The fourth-order valence-electron chi connectivity index (χ4n) is 13.5. The van der Waals surface area contributed by atoms with Crippen LogP contribution in [0.2, 0.25) is 0 Å². The van der Waals surface area contributed by atoms with E-state index in [-0.39, 0.29) is 10.5 Å². The van der Waals surface area contributed by atoms with Crippen LogP contribution in [-0.2, 0) is 38.2 Å². The van der Waals surface area contributed by atoms with Crippen LogP contribution in [0.3, 0.4) is 0 Å². The zero-order valence-electron chi connectivity index (χ0n) is 53.1. The quantitative estimate of drug-likeness (QED) is 0.140. The molecule has 14 rings (SSSR count). The number of aromatic nitrogens is 5. The van der Waals surface area contributed by atoms with Crippen LogP contribution in [0.1, 0.15) is 25.7 Å². The summed E-state index contributed by atoms with van der Waals surface area (Å²) in [5, 5.41) is 0.381. The Morgan fingerprint density at radius 2 is 0.780 bits per heavy atom. The van der Waals surface area contributed by atoms with Gasteiger partial charge in [0.1, 0.15) is 0 Å². The lowest BCUT2D eigenvalue weighted by atomic mass is 10.1. The van der Waals surface area contributed by atoms with Crippen LogP contribution < -0.4 is 53.2 Å². The lowest BCUT2D eigenvalue weighted by molar-refractivity contribution is -0.0116. The van der Waals surface area contributed by atoms with E-state index in [2.05, 4.69) is 82.4 Å². The molecule has 9 saturated heterocycles. The highest BCUT2D eigenvalue weighted by Crippen LogP contribution is 2.32. The molecular weight excluding hydrogens is 1190 g/mol. The summed E-state index contributed by atoms with van der Waals surface area (Å²) in [5.41, 5.74) is 39.9. The first kappa shape index (κ1) is 67.0. The summed E-state index contributed by atoms with van der Waals surface area (Å²) in [7, 11) is -4.13. The number of pyridine rings is 5. The third-order valence-corrected chi connectivity index (χ3v) is 23.3. The highest BCUT2D eigenvalue weighted by molar-refractivity contribution is 8.00. The number of fused-ring (bicyclic) bond motifs is 3. The maximum absolute atomic E-state index is 13.1. The Morgan fingerprint density at radius 1 is 0.429 bits per heavy atom. The number of hydrogen-bond donors (Lipinski definition) is 5. The SMILES string of the molecule is C=C1COCC2CN(c3ccncc3N)CCN12.C=S(=O)(C1CCN(c2ccncc2N)CC1)N1CCOCC1.C=S(C)(=O)C1CCN(c2ccncc2N)CC1.Nc1cnccc1N1CCN2CCOC[C@@H]2C1.Nc1cnccc1N1CCN2CCOC[C@H]2C1. The third-order valence-electron chi connectivity index (χ3n) is 18.7. The Morgan fingerprint density at radius 3 is 1.18 bits per heavy atom. The van der Waals surface area contributed by atoms with Crippen molar-refractivity contribution in [1.82, 2.24) is 43.9 Å². The molecule has 0 aromatic carbocycles. The second kappa shape index (κ2) is 31.6. The summed E-state index contributed by atoms with van der Waals surface area (Å²) < 4.78 is 49.0. The molecule has 25 nitrogen and oxygen atoms in total. The lowest BCUT2D eigenvalue weighted by Crippen LogP contribution is -2.58. The number of nitrogens with zero attached hydrogens (tertiary/aromatic N) is 14. The van der Waals surface area contributed by atoms with Crippen LogP contribution in [-0.4, -0.2) is 263 Å². The average molecular weight is 1290 g/mol. The van der Waals surface area contributed by atoms with E-state index in [9.17, 15) is 8.42 Å². The largest absolute Gasteiger partial charge is 0.396 e. The van der Waals surface area contributed by atoms with Gasteiger partial charge in [-0.1, -0.05) is 6.58 Å². The van der Waals surface area contributed by atoms with Crippen LogP contribution >= 0.6 is 0 Å². The van der Waals surface area contributed by atoms with Gasteiger partial charge in [0.05, 0.1) is 159 Å². The number of nitrogen functional groups attached to an aromatic ring is 5. The van der Waals surface area contributed by atoms with E-state index >= 15 is 0 Å². The fourth-order valence-corrected chi connectivity index (χ4v) is 16.9. The van der Waals surface area contributed by atoms with Crippen molar-refractivity contribution in [3.05, 3.63) is 105 Å². The Kier molecular flexibility index (Phi) is 23.2. The van der Waals surface area contributed by atoms with Crippen LogP contribution in [0.25, 0.3) is 0 Å². The molecule has 91 heavy (non-hydrogen) atoms. The molecule has 9 aliphatic heterocycles. The molecule has 5 aromatic heterocycles. The molecule has 0 amide bonds. The molecule has 14 heterocycles. The van der Waals surface area contributed by atoms with Gasteiger partial charge in [0.25, 0.3) is 0 Å². The van der Waals surface area contributed by atoms with Gasteiger partial charge in [-0.15, -0.1) is 0 Å². The predicted octanol–water partition coefficient (Wildman–Crippen LogP) is 2.64. The zero-order chi connectivity index (χ0) is 63.9. The highest BCUT2D eigenvalue weighted by atomic mass is 32.2. The summed E-state index contributed by atoms with van der Waals surface area (Å²) in [4.78, 5) is 39.0. The molecule has 5 atom stereocenters. The van der Waals surface area contributed by atoms with Gasteiger partial charge in [-0.05, 0) is 77.3 Å². The summed E-state index contributed by atoms with van der Waals surface area (Å²) >= 11 is 0. The molecule has 9 fully saturated rings. The van der Waals surface area contributed by atoms with Gasteiger partial charge in [-0.2, -0.15) is 0 Å². The number of anilines is 10. The van der Waals surface area contributed by atoms with E-state index in [4.69, 9.17) is 47.6 Å². The minimum atomic E-state index is -2.22. The van der Waals surface area contributed by atoms with E-state index < -0.39 is 19.2 Å². The minimum Gasteiger partial charge on any atom is -0.396 e. The number of rotatable bonds is 8. The Bertz CT molecular complexity index is 3300. The standard InChI is InChI=1S/C15H24N4O2S.C13H18N4O.2C12H18N4O.C12H19N3OS/c1-22(20,19-8-10-21-11-9-19)13-3-6-18(7-4-13)15-2-5-17-12-14(15)16;1-10-8-18-9-11-7-16(4-5-17(10)11)13-2-3-15-6-12(13)14;2*13-11-7-14-2-1-12(11)16-4-3-15-5-6-17-9-10(15)8-16;1-17(2,16)10-4-7-15(8-5-10)12-3-6-14-9-11(12)13/h2,5,12-13H,1,3-4,6-11,16H2;2-3,6,11H,1,4-5,7-9,14H2;2*1-2,7,10H,3-6,8-9,13H2;3,6,9-10H,1,4-5,7-8,13H2,2H3/t;;2*10-;/m..10./s1. The first-order chi connectivity index (χ1) is 44.0. The normalized spacial score (nSPS) is 24.1. The van der Waals surface area contributed by atoms with Crippen molar-refractivity contribution >= 4 is 87.8 Å². The van der Waals surface area contributed by atoms with E-state index in [1.807, 2.05) is 34.6 Å². The summed E-state index contributed by atoms with van der Waals surface area (Å²) in [6, 6.07) is 11.2. The molecule has 9 aliphatic rings. The molecular formula is C64H97N19O6S2. The summed E-state index contributed by atoms with van der Waals surface area (Å²) in [5.74, 6) is 7.86. The van der Waals surface area contributed by atoms with E-state index in [0.717, 1.165) is 221 Å². The molecule has 496 valence electrons. The van der Waals surface area contributed by atoms with Crippen molar-refractivity contribution < 1.29 is 27.4 Å². The zero-order valence-corrected chi connectivity index (χ0v) is 54.7. The predicted molar refractivity (Wildman–Crippen MR) is 372 cm³/mol. The maximum atomic E-state index is 13.1. The van der Waals surface area contributed by atoms with E-state index in [0.29, 0.717) is 49.3 Å². The second-order valence-corrected chi connectivity index (χ2v) is 30.0. The molecule has 0 spiro atoms. The van der Waals surface area contributed by atoms with Crippen LogP contribution in [0.4, 0.5) is 56.9 Å². The van der Waals surface area contributed by atoms with Crippen molar-refractivity contribution in [2.75, 3.05) is 224 Å². The topological polar surface area (TPSA) is 295 Å². The van der Waals surface area contributed by atoms with Gasteiger partial charge in [0.15, 0.2) is 0 Å². The minimum absolute atomic E-state index is 0.143. The molecule has 5 aromatic rings. The molecule has 0 aliphatic carbocycles. The second-order valence-electron chi connectivity index (χ2n) is 24.6. The smallest absolute Gasteiger partial charge is 0.0859 e. The molecule has 10 N–H and O–H groups in total. The lowest BCUT2D eigenvalue weighted by Gasteiger charge is -2.46. The van der Waals surface area contributed by atoms with Crippen LogP contribution in [0.5, 0.6) is 0 Å². The van der Waals surface area contributed by atoms with E-state index in [1.54, 1.807) is 68.2 Å². The van der Waals surface area contributed by atoms with Gasteiger partial charge < -0.3 is 77.0 Å². The van der Waals surface area contributed by atoms with Crippen molar-refractivity contribution in [3.63, 3.8) is 0 Å². The van der Waals surface area contributed by atoms with E-state index in [1.165, 1.54) is 0 Å². The molecule has 0 bridgehead atoms. The van der Waals surface area contributed by atoms with Gasteiger partial charge in [0, 0.05) is 174 Å². The number of morpholine rings is 4. The third kappa shape index (κ3) is 17.4. The molecule has 0 saturated carbocycles. The number of hydrogen-bond acceptors (Lipinski definition) is 24. The van der Waals surface area contributed by atoms with Crippen molar-refractivity contribution in [3.8, 4) is 0 Å². The summed E-state index contributed by atoms with van der Waals surface area (Å²) in [6.45, 7) is 26.4. The Labute approximate surface area is 538 Å². The fraction of sp³-hybridized carbons (Fsp3) is 0.547. The van der Waals surface area contributed by atoms with Crippen molar-refractivity contribution in [1.29, 1.82) is 0 Å². The average Bonchev–Trinajstić information content (AvgIpc) is 1.49. The number of ether oxygens (including phenoxy) is 4. The van der Waals surface area contributed by atoms with Crippen LogP contribution in [0.15, 0.2) is 105 Å². The van der Waals surface area contributed by atoms with Crippen molar-refractivity contribution in [2.24, 2.45) is 0 Å². The van der Waals surface area contributed by atoms with Crippen molar-refractivity contribution in [2.45, 2.75) is 54.3 Å².